The molecular weight excluding hydrogens is 293 g/mol. The molecule has 1 aromatic heterocycles. The van der Waals surface area contributed by atoms with Crippen LogP contribution in [-0.2, 0) is 0 Å². The second-order valence-electron chi connectivity index (χ2n) is 5.17. The number of aromatic nitrogens is 2. The van der Waals surface area contributed by atoms with Crippen molar-refractivity contribution in [1.29, 1.82) is 0 Å². The first kappa shape index (κ1) is 14.1. The lowest BCUT2D eigenvalue weighted by Crippen LogP contribution is -2.47. The fraction of sp³-hybridized carbons (Fsp3) is 0.308. The van der Waals surface area contributed by atoms with Crippen LogP contribution in [0.15, 0.2) is 12.1 Å². The van der Waals surface area contributed by atoms with E-state index in [1.807, 2.05) is 0 Å². The van der Waals surface area contributed by atoms with Crippen molar-refractivity contribution in [2.45, 2.75) is 12.8 Å². The van der Waals surface area contributed by atoms with E-state index in [0.29, 0.717) is 13.1 Å². The number of primary amides is 1. The van der Waals surface area contributed by atoms with E-state index >= 15 is 0 Å². The Balaban J connectivity index is 2.31. The highest BCUT2D eigenvalue weighted by Gasteiger charge is 2.30. The zero-order chi connectivity index (χ0) is 16.0. The van der Waals surface area contributed by atoms with Gasteiger partial charge in [-0.1, -0.05) is 0 Å². The van der Waals surface area contributed by atoms with E-state index in [9.17, 15) is 19.6 Å². The second kappa shape index (κ2) is 4.86. The molecule has 22 heavy (non-hydrogen) atoms. The van der Waals surface area contributed by atoms with Crippen LogP contribution in [-0.4, -0.2) is 19.0 Å². The van der Waals surface area contributed by atoms with Crippen molar-refractivity contribution in [3.63, 3.8) is 0 Å². The highest BCUT2D eigenvalue weighted by atomic mass is 19.1. The maximum absolute atomic E-state index is 14.3. The third kappa shape index (κ3) is 1.93. The molecule has 0 saturated carbocycles. The van der Waals surface area contributed by atoms with Crippen molar-refractivity contribution in [2.24, 2.45) is 5.73 Å². The summed E-state index contributed by atoms with van der Waals surface area (Å²) in [5.41, 5.74) is 9.70. The van der Waals surface area contributed by atoms with Gasteiger partial charge in [0.15, 0.2) is 5.82 Å². The van der Waals surface area contributed by atoms with Gasteiger partial charge in [0.1, 0.15) is 0 Å². The molecule has 2 aromatic rings. The Hall–Kier alpha value is -2.84. The van der Waals surface area contributed by atoms with E-state index in [-0.39, 0.29) is 26.2 Å². The third-order valence-corrected chi connectivity index (χ3v) is 3.83. The van der Waals surface area contributed by atoms with Crippen LogP contribution in [0.4, 0.5) is 15.9 Å². The largest absolute Gasteiger partial charge is 0.710 e. The second-order valence-corrected chi connectivity index (χ2v) is 5.17. The fourth-order valence-corrected chi connectivity index (χ4v) is 2.74. The number of hydrogen-bond donors (Lipinski definition) is 2. The van der Waals surface area contributed by atoms with Gasteiger partial charge in [-0.25, -0.2) is 9.12 Å². The van der Waals surface area contributed by atoms with Gasteiger partial charge in [0.05, 0.1) is 11.8 Å². The molecule has 1 saturated heterocycles. The summed E-state index contributed by atoms with van der Waals surface area (Å²) in [5.74, 6) is -2.39. The van der Waals surface area contributed by atoms with Crippen LogP contribution in [0.25, 0.3) is 11.0 Å². The summed E-state index contributed by atoms with van der Waals surface area (Å²) in [6, 6.07) is 2.20. The zero-order valence-electron chi connectivity index (χ0n) is 11.6. The van der Waals surface area contributed by atoms with Crippen LogP contribution < -0.4 is 25.8 Å². The first-order valence-corrected chi connectivity index (χ1v) is 6.74. The molecule has 0 spiro atoms. The van der Waals surface area contributed by atoms with E-state index in [4.69, 9.17) is 11.5 Å². The van der Waals surface area contributed by atoms with E-state index in [1.165, 1.54) is 6.07 Å². The molecular formula is C13H14FN5O3. The van der Waals surface area contributed by atoms with Gasteiger partial charge in [-0.2, -0.15) is 0 Å². The molecule has 2 heterocycles. The molecule has 116 valence electrons. The Morgan fingerprint density at radius 3 is 2.36 bits per heavy atom. The van der Waals surface area contributed by atoms with Crippen LogP contribution in [0.2, 0.25) is 0 Å². The standard InChI is InChI=1S/C13H14FN5O3/c14-7-5-9-10(6-8(7)17-3-1-2-4-17)19(22)12(15)11(13(16)20)18(9)21/h5-6H,1-4,15H2,(H2,16,20). The first-order valence-electron chi connectivity index (χ1n) is 6.74. The monoisotopic (exact) mass is 307 g/mol. The number of nitrogen functional groups attached to an aromatic ring is 1. The van der Waals surface area contributed by atoms with Crippen LogP contribution in [0.3, 0.4) is 0 Å². The van der Waals surface area contributed by atoms with Gasteiger partial charge in [-0.3, -0.25) is 10.5 Å². The lowest BCUT2D eigenvalue weighted by Gasteiger charge is -2.19. The molecule has 9 heteroatoms. The molecule has 3 rings (SSSR count). The number of nitrogens with zero attached hydrogens (tertiary/aromatic N) is 3. The molecule has 0 bridgehead atoms. The summed E-state index contributed by atoms with van der Waals surface area (Å²) < 4.78 is 14.6. The number of rotatable bonds is 2. The van der Waals surface area contributed by atoms with Crippen LogP contribution in [0, 0.1) is 16.2 Å². The normalized spacial score (nSPS) is 14.7. The van der Waals surface area contributed by atoms with E-state index in [1.54, 1.807) is 4.90 Å². The topological polar surface area (TPSA) is 126 Å². The molecule has 0 radical (unpaired) electrons. The van der Waals surface area contributed by atoms with E-state index < -0.39 is 23.2 Å². The molecule has 0 atom stereocenters. The number of fused-ring (bicyclic) bond motifs is 1. The average molecular weight is 307 g/mol. The summed E-state index contributed by atoms with van der Waals surface area (Å²) in [6.07, 6.45) is 1.86. The molecule has 1 amide bonds. The van der Waals surface area contributed by atoms with Crippen LogP contribution in [0.1, 0.15) is 23.3 Å². The highest BCUT2D eigenvalue weighted by Crippen LogP contribution is 2.26. The molecule has 1 aliphatic heterocycles. The summed E-state index contributed by atoms with van der Waals surface area (Å²) in [6.45, 7) is 1.35. The quantitative estimate of drug-likeness (QED) is 0.573. The molecule has 1 fully saturated rings. The number of halogens is 1. The molecule has 8 nitrogen and oxygen atoms in total. The van der Waals surface area contributed by atoms with Crippen molar-refractivity contribution in [1.82, 2.24) is 0 Å². The Morgan fingerprint density at radius 2 is 1.77 bits per heavy atom. The van der Waals surface area contributed by atoms with E-state index in [2.05, 4.69) is 0 Å². The van der Waals surface area contributed by atoms with Crippen LogP contribution >= 0.6 is 0 Å². The highest BCUT2D eigenvalue weighted by molar-refractivity contribution is 5.94. The van der Waals surface area contributed by atoms with E-state index in [0.717, 1.165) is 18.9 Å². The smallest absolute Gasteiger partial charge is 0.372 e. The third-order valence-electron chi connectivity index (χ3n) is 3.83. The Kier molecular flexibility index (Phi) is 3.12. The minimum absolute atomic E-state index is 0.0955. The predicted molar refractivity (Wildman–Crippen MR) is 76.2 cm³/mol. The number of hydrogen-bond acceptors (Lipinski definition) is 5. The van der Waals surface area contributed by atoms with Gasteiger partial charge in [0.25, 0.3) is 5.52 Å². The van der Waals surface area contributed by atoms with Gasteiger partial charge in [0, 0.05) is 19.2 Å². The minimum atomic E-state index is -1.15. The van der Waals surface area contributed by atoms with Crippen molar-refractivity contribution in [3.8, 4) is 0 Å². The van der Waals surface area contributed by atoms with Gasteiger partial charge < -0.3 is 21.0 Å². The number of carbonyl (C=O) groups is 1. The van der Waals surface area contributed by atoms with Gasteiger partial charge in [-0.15, -0.1) is 4.73 Å². The molecule has 1 aromatic carbocycles. The first-order chi connectivity index (χ1) is 10.4. The fourth-order valence-electron chi connectivity index (χ4n) is 2.74. The van der Waals surface area contributed by atoms with Crippen molar-refractivity contribution in [2.75, 3.05) is 23.7 Å². The van der Waals surface area contributed by atoms with Crippen molar-refractivity contribution in [3.05, 3.63) is 34.1 Å². The number of carbonyl (C=O) groups excluding carboxylic acids is 1. The zero-order valence-corrected chi connectivity index (χ0v) is 11.6. The maximum atomic E-state index is 14.3. The average Bonchev–Trinajstić information content (AvgIpc) is 2.98. The number of amides is 1. The predicted octanol–water partition coefficient (Wildman–Crippen LogP) is -0.473. The molecule has 1 aliphatic rings. The van der Waals surface area contributed by atoms with Crippen LogP contribution in [0.5, 0.6) is 0 Å². The summed E-state index contributed by atoms with van der Waals surface area (Å²) in [7, 11) is 0. The number of nitrogens with two attached hydrogens (primary N) is 2. The van der Waals surface area contributed by atoms with Crippen molar-refractivity contribution < 1.29 is 18.6 Å². The van der Waals surface area contributed by atoms with Gasteiger partial charge >= 0.3 is 17.4 Å². The molecule has 4 N–H and O–H groups in total. The molecule has 0 aliphatic carbocycles. The Morgan fingerprint density at radius 1 is 1.18 bits per heavy atom. The van der Waals surface area contributed by atoms with Gasteiger partial charge in [-0.05, 0) is 12.8 Å². The molecule has 0 unspecified atom stereocenters. The lowest BCUT2D eigenvalue weighted by molar-refractivity contribution is -0.620. The summed E-state index contributed by atoms with van der Waals surface area (Å²) >= 11 is 0. The summed E-state index contributed by atoms with van der Waals surface area (Å²) in [5, 5.41) is 24.3. The maximum Gasteiger partial charge on any atom is 0.372 e. The number of anilines is 2. The minimum Gasteiger partial charge on any atom is -0.710 e. The van der Waals surface area contributed by atoms with Gasteiger partial charge in [0.2, 0.25) is 5.52 Å². The Labute approximate surface area is 124 Å². The SMILES string of the molecule is NC(=O)c1c(N)[n+]([O-])c2cc(N3CCCC3)c(F)cc2[n+]1[O-]. The van der Waals surface area contributed by atoms with Crippen molar-refractivity contribution >= 4 is 28.4 Å². The Bertz CT molecular complexity index is 789. The number of benzene rings is 1. The summed E-state index contributed by atoms with van der Waals surface area (Å²) in [4.78, 5) is 13.1. The lowest BCUT2D eigenvalue weighted by atomic mass is 10.2.